The molecule has 2 aliphatic rings. The van der Waals surface area contributed by atoms with E-state index in [0.717, 1.165) is 32.1 Å². The Balaban J connectivity index is 1.79. The maximum absolute atomic E-state index is 12.6. The third-order valence-corrected chi connectivity index (χ3v) is 5.27. The molecule has 4 nitrogen and oxygen atoms in total. The Hall–Kier alpha value is -1.26. The van der Waals surface area contributed by atoms with Gasteiger partial charge in [-0.1, -0.05) is 18.0 Å². The second-order valence-electron chi connectivity index (χ2n) is 6.27. The normalized spacial score (nSPS) is 29.0. The highest BCUT2D eigenvalue weighted by molar-refractivity contribution is 6.32. The summed E-state index contributed by atoms with van der Waals surface area (Å²) in [5, 5.41) is 20.2. The Labute approximate surface area is 129 Å². The van der Waals surface area contributed by atoms with Gasteiger partial charge in [0.1, 0.15) is 5.75 Å². The molecule has 1 aromatic rings. The van der Waals surface area contributed by atoms with Crippen molar-refractivity contribution in [3.63, 3.8) is 0 Å². The fourth-order valence-corrected chi connectivity index (χ4v) is 3.88. The van der Waals surface area contributed by atoms with Gasteiger partial charge in [0.15, 0.2) is 0 Å². The Kier molecular flexibility index (Phi) is 3.84. The highest BCUT2D eigenvalue weighted by Crippen LogP contribution is 2.45. The molecule has 1 aliphatic carbocycles. The van der Waals surface area contributed by atoms with E-state index in [0.29, 0.717) is 18.7 Å². The molecule has 0 bridgehead atoms. The van der Waals surface area contributed by atoms with Crippen molar-refractivity contribution in [1.82, 2.24) is 4.90 Å². The fraction of sp³-hybridized carbons (Fsp3) is 0.562. The number of nitrogens with zero attached hydrogens (tertiary/aromatic N) is 1. The third-order valence-electron chi connectivity index (χ3n) is 4.95. The zero-order chi connectivity index (χ0) is 15.0. The Morgan fingerprint density at radius 3 is 2.76 bits per heavy atom. The Morgan fingerprint density at radius 1 is 1.33 bits per heavy atom. The van der Waals surface area contributed by atoms with Crippen LogP contribution in [-0.2, 0) is 0 Å². The van der Waals surface area contributed by atoms with Gasteiger partial charge in [-0.15, -0.1) is 0 Å². The van der Waals surface area contributed by atoms with Gasteiger partial charge in [0.2, 0.25) is 0 Å². The number of phenols is 1. The van der Waals surface area contributed by atoms with Crippen molar-refractivity contribution in [2.24, 2.45) is 5.41 Å². The molecule has 0 aromatic heterocycles. The fourth-order valence-electron chi connectivity index (χ4n) is 3.76. The van der Waals surface area contributed by atoms with Crippen LogP contribution in [0.25, 0.3) is 0 Å². The molecule has 21 heavy (non-hydrogen) atoms. The van der Waals surface area contributed by atoms with Gasteiger partial charge in [-0.05, 0) is 43.9 Å². The first-order valence-corrected chi connectivity index (χ1v) is 7.85. The summed E-state index contributed by atoms with van der Waals surface area (Å²) in [6, 6.07) is 4.59. The number of hydrogen-bond donors (Lipinski definition) is 2. The largest absolute Gasteiger partial charge is 0.506 e. The van der Waals surface area contributed by atoms with Crippen LogP contribution in [-0.4, -0.2) is 40.2 Å². The van der Waals surface area contributed by atoms with E-state index >= 15 is 0 Å². The summed E-state index contributed by atoms with van der Waals surface area (Å²) in [4.78, 5) is 14.4. The number of rotatable bonds is 1. The van der Waals surface area contributed by atoms with Crippen molar-refractivity contribution in [2.45, 2.75) is 38.2 Å². The second kappa shape index (κ2) is 5.50. The van der Waals surface area contributed by atoms with Crippen LogP contribution in [0.15, 0.2) is 18.2 Å². The number of aromatic hydroxyl groups is 1. The first-order valence-electron chi connectivity index (χ1n) is 7.48. The summed E-state index contributed by atoms with van der Waals surface area (Å²) in [6.07, 6.45) is 4.47. The van der Waals surface area contributed by atoms with E-state index in [1.165, 1.54) is 12.1 Å². The molecule has 1 saturated carbocycles. The van der Waals surface area contributed by atoms with E-state index in [2.05, 4.69) is 0 Å². The maximum Gasteiger partial charge on any atom is 0.254 e. The predicted molar refractivity (Wildman–Crippen MR) is 80.5 cm³/mol. The topological polar surface area (TPSA) is 60.8 Å². The zero-order valence-electron chi connectivity index (χ0n) is 11.9. The van der Waals surface area contributed by atoms with Gasteiger partial charge >= 0.3 is 0 Å². The lowest BCUT2D eigenvalue weighted by atomic mass is 9.76. The quantitative estimate of drug-likeness (QED) is 0.838. The molecule has 2 fully saturated rings. The van der Waals surface area contributed by atoms with Gasteiger partial charge in [-0.2, -0.15) is 0 Å². The number of amides is 1. The Bertz CT molecular complexity index is 562. The van der Waals surface area contributed by atoms with E-state index in [9.17, 15) is 15.0 Å². The number of halogens is 1. The lowest BCUT2D eigenvalue weighted by Gasteiger charge is -2.42. The van der Waals surface area contributed by atoms with Gasteiger partial charge in [-0.25, -0.2) is 0 Å². The average molecular weight is 310 g/mol. The summed E-state index contributed by atoms with van der Waals surface area (Å²) < 4.78 is 0. The summed E-state index contributed by atoms with van der Waals surface area (Å²) >= 11 is 5.78. The molecule has 1 amide bonds. The minimum atomic E-state index is -0.299. The summed E-state index contributed by atoms with van der Waals surface area (Å²) in [5.74, 6) is -0.171. The first kappa shape index (κ1) is 14.7. The monoisotopic (exact) mass is 309 g/mol. The summed E-state index contributed by atoms with van der Waals surface area (Å²) in [7, 11) is 0. The van der Waals surface area contributed by atoms with Crippen molar-refractivity contribution in [2.75, 3.05) is 13.1 Å². The summed E-state index contributed by atoms with van der Waals surface area (Å²) in [5.41, 5.74) is 0.323. The van der Waals surface area contributed by atoms with E-state index in [-0.39, 0.29) is 28.2 Å². The smallest absolute Gasteiger partial charge is 0.254 e. The van der Waals surface area contributed by atoms with Crippen LogP contribution in [0.1, 0.15) is 42.5 Å². The molecule has 1 heterocycles. The van der Waals surface area contributed by atoms with Crippen molar-refractivity contribution < 1.29 is 15.0 Å². The molecule has 5 heteroatoms. The van der Waals surface area contributed by atoms with Gasteiger partial charge in [0.25, 0.3) is 5.91 Å². The van der Waals surface area contributed by atoms with Crippen LogP contribution in [0.3, 0.4) is 0 Å². The number of likely N-dealkylation sites (tertiary alicyclic amines) is 1. The van der Waals surface area contributed by atoms with Crippen molar-refractivity contribution in [3.8, 4) is 5.75 Å². The molecule has 1 aliphatic heterocycles. The molecular weight excluding hydrogens is 290 g/mol. The van der Waals surface area contributed by atoms with Crippen LogP contribution in [0.4, 0.5) is 0 Å². The lowest BCUT2D eigenvalue weighted by Crippen LogP contribution is -2.49. The van der Waals surface area contributed by atoms with Crippen LogP contribution in [0.2, 0.25) is 5.02 Å². The molecule has 1 spiro atoms. The van der Waals surface area contributed by atoms with Gasteiger partial charge in [0, 0.05) is 24.1 Å². The molecule has 0 radical (unpaired) electrons. The van der Waals surface area contributed by atoms with E-state index in [4.69, 9.17) is 11.6 Å². The molecule has 1 saturated heterocycles. The highest BCUT2D eigenvalue weighted by Gasteiger charge is 2.45. The molecule has 3 rings (SSSR count). The van der Waals surface area contributed by atoms with E-state index in [1.54, 1.807) is 11.0 Å². The first-order chi connectivity index (χ1) is 10.0. The molecule has 114 valence electrons. The minimum Gasteiger partial charge on any atom is -0.506 e. The molecule has 2 N–H and O–H groups in total. The van der Waals surface area contributed by atoms with Crippen LogP contribution in [0, 0.1) is 5.41 Å². The van der Waals surface area contributed by atoms with Crippen molar-refractivity contribution in [3.05, 3.63) is 28.8 Å². The number of carbonyl (C=O) groups is 1. The zero-order valence-corrected chi connectivity index (χ0v) is 12.6. The third kappa shape index (κ3) is 2.62. The number of phenolic OH excluding ortho intramolecular Hbond substituents is 1. The van der Waals surface area contributed by atoms with Gasteiger partial charge in [0.05, 0.1) is 11.1 Å². The number of carbonyl (C=O) groups excluding carboxylic acids is 1. The van der Waals surface area contributed by atoms with Crippen LogP contribution in [0.5, 0.6) is 5.75 Å². The lowest BCUT2D eigenvalue weighted by molar-refractivity contribution is -0.00537. The average Bonchev–Trinajstić information content (AvgIpc) is 2.82. The SMILES string of the molecule is O=C(c1ccc(Cl)c(O)c1)N1CCC[C@@]2(CCC[C@H]2O)C1. The highest BCUT2D eigenvalue weighted by atomic mass is 35.5. The van der Waals surface area contributed by atoms with E-state index in [1.807, 2.05) is 0 Å². The predicted octanol–water partition coefficient (Wildman–Crippen LogP) is 2.81. The van der Waals surface area contributed by atoms with Gasteiger partial charge < -0.3 is 15.1 Å². The van der Waals surface area contributed by atoms with Crippen molar-refractivity contribution >= 4 is 17.5 Å². The summed E-state index contributed by atoms with van der Waals surface area (Å²) in [6.45, 7) is 1.31. The second-order valence-corrected chi connectivity index (χ2v) is 6.67. The molecule has 2 atom stereocenters. The number of piperidine rings is 1. The van der Waals surface area contributed by atoms with Crippen molar-refractivity contribution in [1.29, 1.82) is 0 Å². The molecule has 0 unspecified atom stereocenters. The number of benzene rings is 1. The van der Waals surface area contributed by atoms with Gasteiger partial charge in [-0.3, -0.25) is 4.79 Å². The van der Waals surface area contributed by atoms with Crippen LogP contribution < -0.4 is 0 Å². The molecular formula is C16H20ClNO3. The number of aliphatic hydroxyl groups excluding tert-OH is 1. The number of hydrogen-bond acceptors (Lipinski definition) is 3. The standard InChI is InChI=1S/C16H20ClNO3/c17-12-5-4-11(9-13(12)19)15(21)18-8-2-7-16(10-18)6-1-3-14(16)20/h4-5,9,14,19-20H,1-3,6-8,10H2/t14-,16+/m1/s1. The minimum absolute atomic E-state index is 0.0739. The Morgan fingerprint density at radius 2 is 2.10 bits per heavy atom. The van der Waals surface area contributed by atoms with E-state index < -0.39 is 0 Å². The number of aliphatic hydroxyl groups is 1. The maximum atomic E-state index is 12.6. The van der Waals surface area contributed by atoms with Crippen LogP contribution >= 0.6 is 11.6 Å². The molecule has 1 aromatic carbocycles.